The Morgan fingerprint density at radius 2 is 1.91 bits per heavy atom. The molecule has 35 heavy (non-hydrogen) atoms. The third-order valence-corrected chi connectivity index (χ3v) is 7.98. The molecular formula is C30H31NO3S. The fourth-order valence-corrected chi connectivity index (χ4v) is 5.96. The largest absolute Gasteiger partial charge is 0.508 e. The highest BCUT2D eigenvalue weighted by Crippen LogP contribution is 2.43. The van der Waals surface area contributed by atoms with Gasteiger partial charge in [0.1, 0.15) is 16.4 Å². The molecule has 0 saturated carbocycles. The number of nitrogens with zero attached hydrogens (tertiary/aromatic N) is 1. The van der Waals surface area contributed by atoms with Gasteiger partial charge >= 0.3 is 0 Å². The summed E-state index contributed by atoms with van der Waals surface area (Å²) in [6.45, 7) is 7.85. The van der Waals surface area contributed by atoms with Gasteiger partial charge in [-0.1, -0.05) is 50.2 Å². The number of ether oxygens (including phenoxy) is 1. The second-order valence-corrected chi connectivity index (χ2v) is 10.5. The molecule has 5 heteroatoms. The lowest BCUT2D eigenvalue weighted by Crippen LogP contribution is -2.22. The first kappa shape index (κ1) is 23.6. The summed E-state index contributed by atoms with van der Waals surface area (Å²) in [5.74, 6) is 2.19. The summed E-state index contributed by atoms with van der Waals surface area (Å²) in [6, 6.07) is 21.1. The summed E-state index contributed by atoms with van der Waals surface area (Å²) in [6.07, 6.45) is 3.09. The first-order valence-electron chi connectivity index (χ1n) is 12.4. The van der Waals surface area contributed by atoms with Crippen LogP contribution in [0.15, 0.2) is 66.7 Å². The van der Waals surface area contributed by atoms with Crippen molar-refractivity contribution in [2.45, 2.75) is 33.1 Å². The number of thiophene rings is 1. The molecule has 4 nitrogen and oxygen atoms in total. The van der Waals surface area contributed by atoms with E-state index < -0.39 is 0 Å². The molecule has 0 aliphatic carbocycles. The molecule has 1 N–H and O–H groups in total. The van der Waals surface area contributed by atoms with E-state index in [4.69, 9.17) is 4.74 Å². The lowest BCUT2D eigenvalue weighted by Gasteiger charge is -2.15. The first-order chi connectivity index (χ1) is 17.0. The van der Waals surface area contributed by atoms with E-state index in [9.17, 15) is 9.90 Å². The minimum absolute atomic E-state index is 0.0467. The van der Waals surface area contributed by atoms with Crippen LogP contribution in [0.2, 0.25) is 0 Å². The van der Waals surface area contributed by atoms with Crippen LogP contribution in [-0.2, 0) is 12.8 Å². The molecule has 0 unspecified atom stereocenters. The van der Waals surface area contributed by atoms with E-state index in [1.807, 2.05) is 42.5 Å². The number of carbonyl (C=O) groups excluding carboxylic acids is 1. The molecule has 0 radical (unpaired) electrons. The number of aromatic hydroxyl groups is 1. The zero-order chi connectivity index (χ0) is 24.4. The van der Waals surface area contributed by atoms with Crippen LogP contribution >= 0.6 is 11.3 Å². The summed E-state index contributed by atoms with van der Waals surface area (Å²) >= 11 is 1.36. The highest BCUT2D eigenvalue weighted by Gasteiger charge is 2.24. The molecule has 180 valence electrons. The molecule has 2 heterocycles. The monoisotopic (exact) mass is 485 g/mol. The molecule has 0 amide bonds. The van der Waals surface area contributed by atoms with Crippen LogP contribution in [0.3, 0.4) is 0 Å². The maximum atomic E-state index is 13.6. The number of rotatable bonds is 8. The minimum Gasteiger partial charge on any atom is -0.508 e. The molecule has 1 aliphatic heterocycles. The molecule has 1 fully saturated rings. The second kappa shape index (κ2) is 10.2. The Labute approximate surface area is 210 Å². The summed E-state index contributed by atoms with van der Waals surface area (Å²) in [5, 5.41) is 10.8. The minimum atomic E-state index is -0.0467. The number of hydrogen-bond acceptors (Lipinski definition) is 5. The van der Waals surface area contributed by atoms with E-state index in [1.54, 1.807) is 12.1 Å². The van der Waals surface area contributed by atoms with Gasteiger partial charge in [-0.25, -0.2) is 0 Å². The van der Waals surface area contributed by atoms with Crippen molar-refractivity contribution in [1.29, 1.82) is 0 Å². The van der Waals surface area contributed by atoms with Crippen LogP contribution in [0.25, 0.3) is 10.1 Å². The Morgan fingerprint density at radius 3 is 2.66 bits per heavy atom. The summed E-state index contributed by atoms with van der Waals surface area (Å²) < 4.78 is 7.19. The van der Waals surface area contributed by atoms with Gasteiger partial charge in [-0.3, -0.25) is 4.79 Å². The van der Waals surface area contributed by atoms with E-state index >= 15 is 0 Å². The van der Waals surface area contributed by atoms with Gasteiger partial charge in [-0.15, -0.1) is 11.3 Å². The average Bonchev–Trinajstić information content (AvgIpc) is 3.45. The predicted molar refractivity (Wildman–Crippen MR) is 143 cm³/mol. The van der Waals surface area contributed by atoms with Gasteiger partial charge in [0.05, 0.1) is 0 Å². The molecule has 0 spiro atoms. The molecule has 1 saturated heterocycles. The van der Waals surface area contributed by atoms with Gasteiger partial charge < -0.3 is 14.7 Å². The van der Waals surface area contributed by atoms with Gasteiger partial charge in [-0.2, -0.15) is 0 Å². The van der Waals surface area contributed by atoms with E-state index in [1.165, 1.54) is 36.4 Å². The van der Waals surface area contributed by atoms with Gasteiger partial charge in [0.2, 0.25) is 5.78 Å². The number of hydrogen-bond donors (Lipinski definition) is 1. The Balaban J connectivity index is 1.42. The van der Waals surface area contributed by atoms with Crippen molar-refractivity contribution in [3.8, 4) is 17.2 Å². The van der Waals surface area contributed by atoms with Gasteiger partial charge in [0, 0.05) is 28.7 Å². The third-order valence-electron chi connectivity index (χ3n) is 6.85. The highest BCUT2D eigenvalue weighted by atomic mass is 32.1. The van der Waals surface area contributed by atoms with Crippen molar-refractivity contribution in [3.05, 3.63) is 88.3 Å². The fraction of sp³-hybridized carbons (Fsp3) is 0.300. The maximum Gasteiger partial charge on any atom is 0.207 e. The van der Waals surface area contributed by atoms with Crippen molar-refractivity contribution in [2.24, 2.45) is 5.92 Å². The van der Waals surface area contributed by atoms with Gasteiger partial charge in [0.15, 0.2) is 5.75 Å². The van der Waals surface area contributed by atoms with Crippen LogP contribution < -0.4 is 4.74 Å². The zero-order valence-corrected chi connectivity index (χ0v) is 21.1. The van der Waals surface area contributed by atoms with E-state index in [0.29, 0.717) is 21.9 Å². The number of phenols is 1. The molecule has 1 atom stereocenters. The fourth-order valence-electron chi connectivity index (χ4n) is 4.84. The van der Waals surface area contributed by atoms with Crippen molar-refractivity contribution >= 4 is 27.2 Å². The van der Waals surface area contributed by atoms with Gasteiger partial charge in [-0.05, 0) is 73.2 Å². The summed E-state index contributed by atoms with van der Waals surface area (Å²) in [4.78, 5) is 16.7. The van der Waals surface area contributed by atoms with Crippen molar-refractivity contribution in [3.63, 3.8) is 0 Å². The zero-order valence-electron chi connectivity index (χ0n) is 20.3. The molecule has 1 aromatic heterocycles. The summed E-state index contributed by atoms with van der Waals surface area (Å²) in [5.41, 5.74) is 2.99. The number of ketones is 1. The molecular weight excluding hydrogens is 454 g/mol. The number of fused-ring (bicyclic) bond motifs is 1. The lowest BCUT2D eigenvalue weighted by atomic mass is 10.0. The molecule has 4 aromatic rings. The second-order valence-electron chi connectivity index (χ2n) is 9.47. The van der Waals surface area contributed by atoms with Crippen LogP contribution in [0.1, 0.15) is 46.6 Å². The van der Waals surface area contributed by atoms with Gasteiger partial charge in [0.25, 0.3) is 0 Å². The van der Waals surface area contributed by atoms with Crippen LogP contribution in [0, 0.1) is 5.92 Å². The smallest absolute Gasteiger partial charge is 0.207 e. The van der Waals surface area contributed by atoms with Crippen LogP contribution in [-0.4, -0.2) is 35.4 Å². The van der Waals surface area contributed by atoms with Crippen LogP contribution in [0.5, 0.6) is 17.2 Å². The standard InChI is InChI=1S/C30H31NO3S/c1-3-22-6-4-5-7-25(22)28(33)30-29(26-13-10-23(32)18-27(26)35-30)34-24-11-8-21(9-12-24)15-17-31-16-14-20(2)19-31/h4-13,18,20,32H,3,14-17,19H2,1-2H3/t20-/m0/s1. The third kappa shape index (κ3) is 5.12. The predicted octanol–water partition coefficient (Wildman–Crippen LogP) is 7.08. The van der Waals surface area contributed by atoms with Crippen LogP contribution in [0.4, 0.5) is 0 Å². The average molecular weight is 486 g/mol. The Kier molecular flexibility index (Phi) is 6.89. The number of likely N-dealkylation sites (tertiary alicyclic amines) is 1. The number of phenolic OH excluding ortho intramolecular Hbond substituents is 1. The Morgan fingerprint density at radius 1 is 1.11 bits per heavy atom. The SMILES string of the molecule is CCc1ccccc1C(=O)c1sc2cc(O)ccc2c1Oc1ccc(CCN2CC[C@H](C)C2)cc1. The van der Waals surface area contributed by atoms with E-state index in [-0.39, 0.29) is 11.5 Å². The number of benzene rings is 3. The normalized spacial score (nSPS) is 16.1. The topological polar surface area (TPSA) is 49.8 Å². The first-order valence-corrected chi connectivity index (χ1v) is 13.2. The molecule has 5 rings (SSSR count). The Bertz CT molecular complexity index is 1340. The molecule has 0 bridgehead atoms. The molecule has 3 aromatic carbocycles. The maximum absolute atomic E-state index is 13.6. The van der Waals surface area contributed by atoms with Crippen molar-refractivity contribution in [1.82, 2.24) is 4.90 Å². The molecule has 1 aliphatic rings. The number of aryl methyl sites for hydroxylation is 1. The summed E-state index contributed by atoms with van der Waals surface area (Å²) in [7, 11) is 0. The van der Waals surface area contributed by atoms with E-state index in [0.717, 1.165) is 41.0 Å². The lowest BCUT2D eigenvalue weighted by molar-refractivity contribution is 0.104. The Hall–Kier alpha value is -3.15. The van der Waals surface area contributed by atoms with Crippen molar-refractivity contribution < 1.29 is 14.6 Å². The highest BCUT2D eigenvalue weighted by molar-refractivity contribution is 7.21. The quantitative estimate of drug-likeness (QED) is 0.271. The number of carbonyl (C=O) groups is 1. The van der Waals surface area contributed by atoms with E-state index in [2.05, 4.69) is 30.9 Å². The van der Waals surface area contributed by atoms with Crippen molar-refractivity contribution in [2.75, 3.05) is 19.6 Å².